The highest BCUT2D eigenvalue weighted by atomic mass is 19.1. The first kappa shape index (κ1) is 19.5. The van der Waals surface area contributed by atoms with Crippen molar-refractivity contribution in [3.8, 4) is 0 Å². The molecular formula is C20H19F2N3O3. The van der Waals surface area contributed by atoms with E-state index in [2.05, 4.69) is 10.6 Å². The van der Waals surface area contributed by atoms with Crippen LogP contribution in [0.5, 0.6) is 0 Å². The number of nitrogens with zero attached hydrogens (tertiary/aromatic N) is 1. The molecule has 1 fully saturated rings. The lowest BCUT2D eigenvalue weighted by Crippen LogP contribution is -2.42. The summed E-state index contributed by atoms with van der Waals surface area (Å²) in [7, 11) is 0. The van der Waals surface area contributed by atoms with E-state index in [-0.39, 0.29) is 5.56 Å². The van der Waals surface area contributed by atoms with Crippen LogP contribution >= 0.6 is 0 Å². The Hall–Kier alpha value is -3.29. The van der Waals surface area contributed by atoms with Crippen LogP contribution in [0.25, 0.3) is 0 Å². The molecule has 0 aliphatic carbocycles. The van der Waals surface area contributed by atoms with Crippen LogP contribution in [0.1, 0.15) is 25.0 Å². The first-order valence-corrected chi connectivity index (χ1v) is 8.73. The number of nitrogens with one attached hydrogen (secondary N) is 2. The van der Waals surface area contributed by atoms with Gasteiger partial charge in [0.05, 0.1) is 0 Å². The number of hydrogen-bond donors (Lipinski definition) is 2. The van der Waals surface area contributed by atoms with E-state index < -0.39 is 41.6 Å². The Labute approximate surface area is 160 Å². The van der Waals surface area contributed by atoms with Gasteiger partial charge in [0.25, 0.3) is 5.91 Å². The van der Waals surface area contributed by atoms with Crippen molar-refractivity contribution in [3.05, 3.63) is 65.2 Å². The zero-order chi connectivity index (χ0) is 20.5. The van der Waals surface area contributed by atoms with Crippen LogP contribution in [-0.2, 0) is 21.5 Å². The number of rotatable bonds is 5. The molecule has 4 amide bonds. The minimum Gasteiger partial charge on any atom is -0.324 e. The standard InChI is InChI=1S/C20H19F2N3O3/c1-3-12-6-4-5-7-16(12)23-17(26)11-25-18(27)20(2,24-19(25)28)14-10-13(21)8-9-15(14)22/h4-10H,3,11H2,1-2H3,(H,23,26)(H,24,28). The van der Waals surface area contributed by atoms with Crippen LogP contribution in [0.3, 0.4) is 0 Å². The Balaban J connectivity index is 1.80. The number of para-hydroxylation sites is 1. The zero-order valence-corrected chi connectivity index (χ0v) is 15.4. The summed E-state index contributed by atoms with van der Waals surface area (Å²) in [5, 5.41) is 5.03. The Bertz CT molecular complexity index is 963. The monoisotopic (exact) mass is 387 g/mol. The van der Waals surface area contributed by atoms with Crippen molar-refractivity contribution in [1.29, 1.82) is 0 Å². The number of benzene rings is 2. The normalized spacial score (nSPS) is 18.9. The average Bonchev–Trinajstić information content (AvgIpc) is 2.88. The van der Waals surface area contributed by atoms with Gasteiger partial charge in [-0.05, 0) is 43.2 Å². The fourth-order valence-electron chi connectivity index (χ4n) is 3.19. The fraction of sp³-hybridized carbons (Fsp3) is 0.250. The highest BCUT2D eigenvalue weighted by molar-refractivity contribution is 6.10. The molecule has 0 bridgehead atoms. The van der Waals surface area contributed by atoms with Gasteiger partial charge in [-0.25, -0.2) is 13.6 Å². The Morgan fingerprint density at radius 1 is 1.18 bits per heavy atom. The molecule has 1 saturated heterocycles. The number of anilines is 1. The first-order chi connectivity index (χ1) is 13.3. The van der Waals surface area contributed by atoms with E-state index in [0.717, 1.165) is 23.8 Å². The third-order valence-corrected chi connectivity index (χ3v) is 4.72. The number of carbonyl (C=O) groups is 3. The molecule has 28 heavy (non-hydrogen) atoms. The number of hydrogen-bond acceptors (Lipinski definition) is 3. The molecular weight excluding hydrogens is 368 g/mol. The van der Waals surface area contributed by atoms with Crippen molar-refractivity contribution in [3.63, 3.8) is 0 Å². The molecule has 1 aliphatic rings. The van der Waals surface area contributed by atoms with Crippen molar-refractivity contribution >= 4 is 23.5 Å². The smallest absolute Gasteiger partial charge is 0.324 e. The SMILES string of the molecule is CCc1ccccc1NC(=O)CN1C(=O)NC(C)(c2cc(F)ccc2F)C1=O. The van der Waals surface area contributed by atoms with E-state index in [1.165, 1.54) is 6.92 Å². The number of urea groups is 1. The molecule has 0 spiro atoms. The highest BCUT2D eigenvalue weighted by Crippen LogP contribution is 2.31. The third-order valence-electron chi connectivity index (χ3n) is 4.72. The average molecular weight is 387 g/mol. The lowest BCUT2D eigenvalue weighted by Gasteiger charge is -2.22. The molecule has 146 valence electrons. The summed E-state index contributed by atoms with van der Waals surface area (Å²) < 4.78 is 27.7. The van der Waals surface area contributed by atoms with Crippen LogP contribution in [0.2, 0.25) is 0 Å². The summed E-state index contributed by atoms with van der Waals surface area (Å²) in [5.41, 5.74) is -0.615. The summed E-state index contributed by atoms with van der Waals surface area (Å²) in [4.78, 5) is 38.1. The minimum atomic E-state index is -1.80. The summed E-state index contributed by atoms with van der Waals surface area (Å²) >= 11 is 0. The number of halogens is 2. The van der Waals surface area contributed by atoms with E-state index in [9.17, 15) is 23.2 Å². The Morgan fingerprint density at radius 3 is 2.61 bits per heavy atom. The summed E-state index contributed by atoms with van der Waals surface area (Å²) in [6.07, 6.45) is 0.691. The van der Waals surface area contributed by atoms with Crippen molar-refractivity contribution < 1.29 is 23.2 Å². The van der Waals surface area contributed by atoms with Gasteiger partial charge in [0.2, 0.25) is 5.91 Å². The van der Waals surface area contributed by atoms with Gasteiger partial charge in [0.15, 0.2) is 0 Å². The predicted molar refractivity (Wildman–Crippen MR) is 98.4 cm³/mol. The fourth-order valence-corrected chi connectivity index (χ4v) is 3.19. The van der Waals surface area contributed by atoms with Crippen LogP contribution in [-0.4, -0.2) is 29.3 Å². The van der Waals surface area contributed by atoms with Crippen LogP contribution in [0.15, 0.2) is 42.5 Å². The second-order valence-corrected chi connectivity index (χ2v) is 6.63. The quantitative estimate of drug-likeness (QED) is 0.775. The van der Waals surface area contributed by atoms with Gasteiger partial charge in [-0.15, -0.1) is 0 Å². The van der Waals surface area contributed by atoms with Gasteiger partial charge in [0, 0.05) is 11.3 Å². The van der Waals surface area contributed by atoms with Crippen molar-refractivity contribution in [2.45, 2.75) is 25.8 Å². The molecule has 8 heteroatoms. The lowest BCUT2D eigenvalue weighted by molar-refractivity contribution is -0.133. The van der Waals surface area contributed by atoms with Crippen molar-refractivity contribution in [1.82, 2.24) is 10.2 Å². The number of imide groups is 1. The van der Waals surface area contributed by atoms with Gasteiger partial charge < -0.3 is 10.6 Å². The maximum absolute atomic E-state index is 14.2. The molecule has 0 radical (unpaired) electrons. The van der Waals surface area contributed by atoms with Crippen molar-refractivity contribution in [2.24, 2.45) is 0 Å². The maximum Gasteiger partial charge on any atom is 0.325 e. The molecule has 2 N–H and O–H groups in total. The largest absolute Gasteiger partial charge is 0.325 e. The summed E-state index contributed by atoms with van der Waals surface area (Å²) in [6, 6.07) is 8.97. The summed E-state index contributed by atoms with van der Waals surface area (Å²) in [5.74, 6) is -2.98. The number of amides is 4. The van der Waals surface area contributed by atoms with Gasteiger partial charge in [-0.2, -0.15) is 0 Å². The van der Waals surface area contributed by atoms with E-state index in [1.807, 2.05) is 19.1 Å². The minimum absolute atomic E-state index is 0.301. The van der Waals surface area contributed by atoms with Crippen LogP contribution < -0.4 is 10.6 Å². The first-order valence-electron chi connectivity index (χ1n) is 8.73. The Morgan fingerprint density at radius 2 is 1.89 bits per heavy atom. The van der Waals surface area contributed by atoms with E-state index in [4.69, 9.17) is 0 Å². The molecule has 0 saturated carbocycles. The zero-order valence-electron chi connectivity index (χ0n) is 15.4. The number of aryl methyl sites for hydroxylation is 1. The molecule has 1 unspecified atom stereocenters. The third kappa shape index (κ3) is 3.45. The van der Waals surface area contributed by atoms with Crippen molar-refractivity contribution in [2.75, 3.05) is 11.9 Å². The molecule has 0 aromatic heterocycles. The Kier molecular flexibility index (Phi) is 5.13. The molecule has 1 heterocycles. The second-order valence-electron chi connectivity index (χ2n) is 6.63. The topological polar surface area (TPSA) is 78.5 Å². The van der Waals surface area contributed by atoms with Gasteiger partial charge in [-0.3, -0.25) is 14.5 Å². The number of carbonyl (C=O) groups excluding carboxylic acids is 3. The van der Waals surface area contributed by atoms with Crippen LogP contribution in [0, 0.1) is 11.6 Å². The van der Waals surface area contributed by atoms with Gasteiger partial charge in [0.1, 0.15) is 23.7 Å². The highest BCUT2D eigenvalue weighted by Gasteiger charge is 2.50. The lowest BCUT2D eigenvalue weighted by atomic mass is 9.91. The molecule has 1 aliphatic heterocycles. The van der Waals surface area contributed by atoms with Gasteiger partial charge >= 0.3 is 6.03 Å². The van der Waals surface area contributed by atoms with E-state index in [0.29, 0.717) is 17.0 Å². The van der Waals surface area contributed by atoms with Gasteiger partial charge in [-0.1, -0.05) is 25.1 Å². The molecule has 2 aromatic carbocycles. The summed E-state index contributed by atoms with van der Waals surface area (Å²) in [6.45, 7) is 2.66. The van der Waals surface area contributed by atoms with Crippen LogP contribution in [0.4, 0.5) is 19.3 Å². The molecule has 1 atom stereocenters. The van der Waals surface area contributed by atoms with E-state index >= 15 is 0 Å². The second kappa shape index (κ2) is 7.38. The molecule has 6 nitrogen and oxygen atoms in total. The molecule has 3 rings (SSSR count). The molecule has 2 aromatic rings. The predicted octanol–water partition coefficient (Wildman–Crippen LogP) is 2.93. The maximum atomic E-state index is 14.2. The van der Waals surface area contributed by atoms with E-state index in [1.54, 1.807) is 12.1 Å².